The number of benzene rings is 2. The fourth-order valence-corrected chi connectivity index (χ4v) is 4.76. The number of ether oxygens (including phenoxy) is 2. The number of carbonyl (C=O) groups is 2. The van der Waals surface area contributed by atoms with E-state index in [1.807, 2.05) is 0 Å². The lowest BCUT2D eigenvalue weighted by atomic mass is 9.92. The number of halogens is 3. The molecule has 3 aromatic rings. The van der Waals surface area contributed by atoms with Crippen LogP contribution >= 0.6 is 11.6 Å². The number of fused-ring (bicyclic) bond motifs is 1. The summed E-state index contributed by atoms with van der Waals surface area (Å²) < 4.78 is 41.2. The number of rotatable bonds is 6. The van der Waals surface area contributed by atoms with E-state index in [4.69, 9.17) is 32.5 Å². The number of carbonyl (C=O) groups excluding carboxylic acids is 2. The lowest BCUT2D eigenvalue weighted by Crippen LogP contribution is -2.65. The van der Waals surface area contributed by atoms with Gasteiger partial charge in [-0.2, -0.15) is 0 Å². The maximum atomic E-state index is 15.3. The molecular weight excluding hydrogens is 510 g/mol. The van der Waals surface area contributed by atoms with Crippen molar-refractivity contribution in [3.63, 3.8) is 0 Å². The largest absolute Gasteiger partial charge is 0.462 e. The molecule has 0 aliphatic carbocycles. The average Bonchev–Trinajstić information content (AvgIpc) is 2.79. The summed E-state index contributed by atoms with van der Waals surface area (Å²) in [5.41, 5.74) is 10.3. The predicted octanol–water partition coefficient (Wildman–Crippen LogP) is 3.28. The molecule has 0 radical (unpaired) electrons. The lowest BCUT2D eigenvalue weighted by molar-refractivity contribution is -0.142. The molecule has 2 aromatic carbocycles. The molecule has 1 aromatic heterocycles. The molecule has 12 heteroatoms. The number of anilines is 2. The van der Waals surface area contributed by atoms with Crippen molar-refractivity contribution < 1.29 is 27.8 Å². The fraction of sp³-hybridized carbons (Fsp3) is 0.320. The number of hydrogen-bond donors (Lipinski definition) is 2. The van der Waals surface area contributed by atoms with Crippen LogP contribution in [0.3, 0.4) is 0 Å². The van der Waals surface area contributed by atoms with Gasteiger partial charge >= 0.3 is 11.9 Å². The molecule has 1 saturated heterocycles. The van der Waals surface area contributed by atoms with Gasteiger partial charge in [0.2, 0.25) is 5.43 Å². The van der Waals surface area contributed by atoms with E-state index in [1.54, 1.807) is 18.7 Å². The van der Waals surface area contributed by atoms with Crippen molar-refractivity contribution in [2.24, 2.45) is 5.73 Å². The quantitative estimate of drug-likeness (QED) is 0.364. The maximum absolute atomic E-state index is 15.3. The highest BCUT2D eigenvalue weighted by Gasteiger charge is 2.38. The molecule has 0 saturated carbocycles. The third-order valence-corrected chi connectivity index (χ3v) is 6.32. The van der Waals surface area contributed by atoms with Gasteiger partial charge in [-0.1, -0.05) is 11.6 Å². The van der Waals surface area contributed by atoms with E-state index in [0.29, 0.717) is 13.1 Å². The first kappa shape index (κ1) is 26.4. The third kappa shape index (κ3) is 4.84. The summed E-state index contributed by atoms with van der Waals surface area (Å²) in [5.74, 6) is -3.12. The Balaban J connectivity index is 2.08. The second-order valence-corrected chi connectivity index (χ2v) is 9.55. The molecule has 4 rings (SSSR count). The van der Waals surface area contributed by atoms with E-state index in [0.717, 1.165) is 12.1 Å². The Hall–Kier alpha value is -3.70. The zero-order valence-electron chi connectivity index (χ0n) is 20.4. The first-order valence-electron chi connectivity index (χ1n) is 11.3. The van der Waals surface area contributed by atoms with E-state index >= 15 is 4.39 Å². The van der Waals surface area contributed by atoms with Crippen LogP contribution in [0.4, 0.5) is 20.2 Å². The number of esters is 2. The Bertz CT molecular complexity index is 1500. The van der Waals surface area contributed by atoms with Crippen LogP contribution in [-0.4, -0.2) is 41.7 Å². The summed E-state index contributed by atoms with van der Waals surface area (Å²) in [6.07, 6.45) is 1.17. The normalized spacial score (nSPS) is 14.4. The van der Waals surface area contributed by atoms with Gasteiger partial charge in [-0.15, -0.1) is 0 Å². The van der Waals surface area contributed by atoms with Gasteiger partial charge in [-0.05, 0) is 32.0 Å². The summed E-state index contributed by atoms with van der Waals surface area (Å²) in [6, 6.07) is 3.30. The summed E-state index contributed by atoms with van der Waals surface area (Å²) in [7, 11) is 0. The van der Waals surface area contributed by atoms with Crippen LogP contribution in [0.25, 0.3) is 16.6 Å². The van der Waals surface area contributed by atoms with Crippen molar-refractivity contribution in [3.05, 3.63) is 62.4 Å². The van der Waals surface area contributed by atoms with E-state index in [1.165, 1.54) is 23.8 Å². The van der Waals surface area contributed by atoms with Gasteiger partial charge in [-0.3, -0.25) is 9.59 Å². The third-order valence-electron chi connectivity index (χ3n) is 5.96. The highest BCUT2D eigenvalue weighted by Crippen LogP contribution is 2.40. The van der Waals surface area contributed by atoms with Gasteiger partial charge in [0, 0.05) is 37.3 Å². The number of aromatic nitrogens is 1. The SMILES string of the molecule is CCOC(=O)c1cn(-c2cc(N)c(F)cc2COC(C)=O)c2c(Cl)c(N3CC(C)(N)C3)c(F)cc2c1=O. The monoisotopic (exact) mass is 534 g/mol. The first-order valence-corrected chi connectivity index (χ1v) is 11.7. The number of nitrogen functional groups attached to an aromatic ring is 1. The number of hydrogen-bond acceptors (Lipinski definition) is 8. The van der Waals surface area contributed by atoms with Gasteiger partial charge in [-0.25, -0.2) is 13.6 Å². The second-order valence-electron chi connectivity index (χ2n) is 9.17. The lowest BCUT2D eigenvalue weighted by Gasteiger charge is -2.47. The molecule has 196 valence electrons. The van der Waals surface area contributed by atoms with Crippen LogP contribution in [0.15, 0.2) is 29.2 Å². The summed E-state index contributed by atoms with van der Waals surface area (Å²) in [6.45, 7) is 4.80. The zero-order valence-corrected chi connectivity index (χ0v) is 21.1. The summed E-state index contributed by atoms with van der Waals surface area (Å²) in [4.78, 5) is 39.0. The van der Waals surface area contributed by atoms with Crippen LogP contribution in [0.5, 0.6) is 0 Å². The molecule has 0 atom stereocenters. The van der Waals surface area contributed by atoms with Crippen LogP contribution in [0.2, 0.25) is 5.02 Å². The van der Waals surface area contributed by atoms with Crippen molar-refractivity contribution in [1.82, 2.24) is 4.57 Å². The van der Waals surface area contributed by atoms with Crippen molar-refractivity contribution in [2.75, 3.05) is 30.3 Å². The minimum absolute atomic E-state index is 0.0155. The van der Waals surface area contributed by atoms with Crippen molar-refractivity contribution in [2.45, 2.75) is 32.9 Å². The van der Waals surface area contributed by atoms with E-state index in [9.17, 15) is 18.8 Å². The van der Waals surface area contributed by atoms with Crippen LogP contribution < -0.4 is 21.8 Å². The molecule has 0 spiro atoms. The van der Waals surface area contributed by atoms with E-state index < -0.39 is 40.1 Å². The Kier molecular flexibility index (Phi) is 6.87. The molecule has 0 unspecified atom stereocenters. The summed E-state index contributed by atoms with van der Waals surface area (Å²) in [5, 5.41) is -0.339. The highest BCUT2D eigenvalue weighted by molar-refractivity contribution is 6.38. The first-order chi connectivity index (χ1) is 17.3. The molecular formula is C25H25ClF2N4O5. The Morgan fingerprint density at radius 1 is 1.16 bits per heavy atom. The Labute approximate surface area is 215 Å². The topological polar surface area (TPSA) is 130 Å². The van der Waals surface area contributed by atoms with Crippen molar-refractivity contribution in [3.8, 4) is 5.69 Å². The van der Waals surface area contributed by atoms with E-state index in [2.05, 4.69) is 0 Å². The molecule has 1 fully saturated rings. The highest BCUT2D eigenvalue weighted by atomic mass is 35.5. The predicted molar refractivity (Wildman–Crippen MR) is 135 cm³/mol. The molecule has 4 N–H and O–H groups in total. The molecule has 0 amide bonds. The van der Waals surface area contributed by atoms with Gasteiger partial charge in [0.15, 0.2) is 0 Å². The Morgan fingerprint density at radius 2 is 1.84 bits per heavy atom. The van der Waals surface area contributed by atoms with Crippen molar-refractivity contribution >= 4 is 45.8 Å². The molecule has 0 bridgehead atoms. The molecule has 2 heterocycles. The maximum Gasteiger partial charge on any atom is 0.343 e. The van der Waals surface area contributed by atoms with Gasteiger partial charge in [0.05, 0.1) is 39.6 Å². The molecule has 1 aliphatic rings. The van der Waals surface area contributed by atoms with Gasteiger partial charge < -0.3 is 30.4 Å². The van der Waals surface area contributed by atoms with Crippen molar-refractivity contribution in [1.29, 1.82) is 0 Å². The number of nitrogens with zero attached hydrogens (tertiary/aromatic N) is 2. The van der Waals surface area contributed by atoms with Gasteiger partial charge in [0.1, 0.15) is 23.8 Å². The summed E-state index contributed by atoms with van der Waals surface area (Å²) >= 11 is 6.73. The minimum atomic E-state index is -0.943. The zero-order chi connectivity index (χ0) is 27.2. The fourth-order valence-electron chi connectivity index (χ4n) is 4.36. The average molecular weight is 535 g/mol. The van der Waals surface area contributed by atoms with E-state index in [-0.39, 0.29) is 51.8 Å². The number of nitrogens with two attached hydrogens (primary N) is 2. The van der Waals surface area contributed by atoms with Crippen LogP contribution in [-0.2, 0) is 20.9 Å². The van der Waals surface area contributed by atoms with Gasteiger partial charge in [0.25, 0.3) is 0 Å². The minimum Gasteiger partial charge on any atom is -0.462 e. The second kappa shape index (κ2) is 9.64. The number of pyridine rings is 1. The molecule has 37 heavy (non-hydrogen) atoms. The molecule has 1 aliphatic heterocycles. The Morgan fingerprint density at radius 3 is 2.43 bits per heavy atom. The van der Waals surface area contributed by atoms with Crippen LogP contribution in [0.1, 0.15) is 36.7 Å². The smallest absolute Gasteiger partial charge is 0.343 e. The standard InChI is InChI=1S/C25H25ClF2N4O5/c1-4-36-24(35)15-8-32(19-7-18(29)16(27)5-13(19)9-37-12(2)33)21-14(23(15)34)6-17(28)22(20(21)26)31-10-25(3,30)11-31/h5-8H,4,9-11,29-30H2,1-3H3. The van der Waals surface area contributed by atoms with Crippen LogP contribution in [0, 0.1) is 11.6 Å². The molecule has 9 nitrogen and oxygen atoms in total.